The van der Waals surface area contributed by atoms with Crippen LogP contribution < -0.4 is 10.6 Å². The van der Waals surface area contributed by atoms with Crippen LogP contribution in [0.4, 0.5) is 10.2 Å². The van der Waals surface area contributed by atoms with Crippen LogP contribution in [0.25, 0.3) is 11.3 Å². The number of pyridine rings is 1. The van der Waals surface area contributed by atoms with Crippen molar-refractivity contribution < 1.29 is 24.2 Å². The molecule has 4 rings (SSSR count). The Morgan fingerprint density at radius 3 is 2.71 bits per heavy atom. The summed E-state index contributed by atoms with van der Waals surface area (Å²) in [6, 6.07) is 18.4. The average molecular weight is 518 g/mol. The summed E-state index contributed by atoms with van der Waals surface area (Å²) < 4.78 is 13.6. The van der Waals surface area contributed by atoms with Gasteiger partial charge in [-0.3, -0.25) is 9.59 Å². The van der Waals surface area contributed by atoms with E-state index in [1.165, 1.54) is 17.0 Å². The third-order valence-electron chi connectivity index (χ3n) is 6.44. The van der Waals surface area contributed by atoms with Crippen molar-refractivity contribution in [2.45, 2.75) is 25.0 Å². The summed E-state index contributed by atoms with van der Waals surface area (Å²) in [6.07, 6.45) is -0.327. The normalized spacial score (nSPS) is 15.2. The molecule has 2 amide bonds. The second-order valence-electron chi connectivity index (χ2n) is 8.94. The van der Waals surface area contributed by atoms with Crippen LogP contribution in [0.1, 0.15) is 27.9 Å². The lowest BCUT2D eigenvalue weighted by Gasteiger charge is -2.41. The van der Waals surface area contributed by atoms with Crippen molar-refractivity contribution in [3.63, 3.8) is 0 Å². The predicted molar refractivity (Wildman–Crippen MR) is 139 cm³/mol. The lowest BCUT2D eigenvalue weighted by Crippen LogP contribution is -2.58. The Morgan fingerprint density at radius 1 is 1.18 bits per heavy atom. The molecule has 9 nitrogen and oxygen atoms in total. The molecule has 1 unspecified atom stereocenters. The Morgan fingerprint density at radius 2 is 2.00 bits per heavy atom. The third kappa shape index (κ3) is 6.14. The van der Waals surface area contributed by atoms with E-state index in [0.717, 1.165) is 5.56 Å². The highest BCUT2D eigenvalue weighted by atomic mass is 19.1. The summed E-state index contributed by atoms with van der Waals surface area (Å²) in [7, 11) is 0. The number of hydrogen-bond acceptors (Lipinski definition) is 7. The Labute approximate surface area is 219 Å². The standard InChI is InChI=1S/C28H28FN5O4/c29-20-6-3-4-18(14-20)10-12-31-26-23(8-9-24(33-26)22-7-2-1-5-19(22)15-30)27(37)32-16-21-11-13-34(21)28(38)25(36)17-35/h1-9,14,21,25,35-36H,10-13,16-17H2,(H,31,33)(H,32,37)/t21-,25?/m1/s1. The first-order chi connectivity index (χ1) is 18.4. The van der Waals surface area contributed by atoms with Gasteiger partial charge in [-0.05, 0) is 48.7 Å². The van der Waals surface area contributed by atoms with Gasteiger partial charge in [0.2, 0.25) is 0 Å². The number of aliphatic hydroxyl groups is 2. The first-order valence-electron chi connectivity index (χ1n) is 12.3. The van der Waals surface area contributed by atoms with Gasteiger partial charge in [0, 0.05) is 25.2 Å². The number of nitrogens with one attached hydrogen (secondary N) is 2. The van der Waals surface area contributed by atoms with E-state index in [1.807, 2.05) is 6.07 Å². The number of hydrogen-bond donors (Lipinski definition) is 4. The molecular formula is C28H28FN5O4. The molecule has 0 aliphatic carbocycles. The van der Waals surface area contributed by atoms with Crippen LogP contribution in [-0.4, -0.2) is 70.3 Å². The van der Waals surface area contributed by atoms with Crippen molar-refractivity contribution in [1.82, 2.24) is 15.2 Å². The van der Waals surface area contributed by atoms with Crippen molar-refractivity contribution >= 4 is 17.6 Å². The predicted octanol–water partition coefficient (Wildman–Crippen LogP) is 2.10. The quantitative estimate of drug-likeness (QED) is 0.323. The summed E-state index contributed by atoms with van der Waals surface area (Å²) in [4.78, 5) is 31.4. The number of amides is 2. The lowest BCUT2D eigenvalue weighted by atomic mass is 10.0. The maximum absolute atomic E-state index is 13.6. The number of nitrogens with zero attached hydrogens (tertiary/aromatic N) is 3. The van der Waals surface area contributed by atoms with Gasteiger partial charge in [-0.15, -0.1) is 0 Å². The first-order valence-corrected chi connectivity index (χ1v) is 12.3. The molecule has 1 aliphatic rings. The zero-order valence-electron chi connectivity index (χ0n) is 20.6. The molecule has 0 spiro atoms. The van der Waals surface area contributed by atoms with Crippen molar-refractivity contribution in [3.8, 4) is 17.3 Å². The van der Waals surface area contributed by atoms with Gasteiger partial charge in [0.05, 0.1) is 35.5 Å². The minimum absolute atomic E-state index is 0.171. The van der Waals surface area contributed by atoms with E-state index in [0.29, 0.717) is 48.6 Å². The van der Waals surface area contributed by atoms with E-state index in [1.54, 1.807) is 42.5 Å². The van der Waals surface area contributed by atoms with Gasteiger partial charge in [0.25, 0.3) is 11.8 Å². The first kappa shape index (κ1) is 26.7. The summed E-state index contributed by atoms with van der Waals surface area (Å²) in [5.41, 5.74) is 2.65. The minimum atomic E-state index is -1.48. The highest BCUT2D eigenvalue weighted by molar-refractivity contribution is 5.99. The molecule has 4 N–H and O–H groups in total. The Hall–Kier alpha value is -4.33. The summed E-state index contributed by atoms with van der Waals surface area (Å²) >= 11 is 0. The zero-order chi connectivity index (χ0) is 27.1. The van der Waals surface area contributed by atoms with E-state index < -0.39 is 24.5 Å². The number of nitriles is 1. The van der Waals surface area contributed by atoms with Crippen LogP contribution in [0.5, 0.6) is 0 Å². The van der Waals surface area contributed by atoms with Gasteiger partial charge in [-0.25, -0.2) is 9.37 Å². The summed E-state index contributed by atoms with van der Waals surface area (Å²) in [6.45, 7) is 0.332. The molecule has 1 saturated heterocycles. The monoisotopic (exact) mass is 517 g/mol. The molecule has 0 saturated carbocycles. The molecule has 3 aromatic rings. The average Bonchev–Trinajstić information content (AvgIpc) is 2.91. The maximum Gasteiger partial charge on any atom is 0.255 e. The number of aliphatic hydroxyl groups excluding tert-OH is 2. The summed E-state index contributed by atoms with van der Waals surface area (Å²) in [5, 5.41) is 34.1. The largest absolute Gasteiger partial charge is 0.393 e. The molecule has 1 fully saturated rings. The van der Waals surface area contributed by atoms with E-state index in [9.17, 15) is 24.3 Å². The number of aromatic nitrogens is 1. The minimum Gasteiger partial charge on any atom is -0.393 e. The molecule has 0 bridgehead atoms. The van der Waals surface area contributed by atoms with Crippen molar-refractivity contribution in [1.29, 1.82) is 5.26 Å². The van der Waals surface area contributed by atoms with Gasteiger partial charge in [-0.2, -0.15) is 5.26 Å². The van der Waals surface area contributed by atoms with E-state index >= 15 is 0 Å². The number of rotatable bonds is 10. The molecule has 1 aromatic heterocycles. The van der Waals surface area contributed by atoms with Crippen molar-refractivity contribution in [2.75, 3.05) is 31.6 Å². The molecule has 2 heterocycles. The molecule has 10 heteroatoms. The van der Waals surface area contributed by atoms with Crippen molar-refractivity contribution in [3.05, 3.63) is 83.2 Å². The maximum atomic E-state index is 13.6. The number of likely N-dealkylation sites (tertiary alicyclic amines) is 1. The number of carbonyl (C=O) groups is 2. The molecule has 2 aromatic carbocycles. The van der Waals surface area contributed by atoms with Gasteiger partial charge in [-0.1, -0.05) is 30.3 Å². The fourth-order valence-corrected chi connectivity index (χ4v) is 4.27. The molecule has 196 valence electrons. The Bertz CT molecular complexity index is 1360. The van der Waals surface area contributed by atoms with Crippen LogP contribution in [0.3, 0.4) is 0 Å². The summed E-state index contributed by atoms with van der Waals surface area (Å²) in [5.74, 6) is -1.00. The zero-order valence-corrected chi connectivity index (χ0v) is 20.6. The molecule has 2 atom stereocenters. The van der Waals surface area contributed by atoms with Gasteiger partial charge in [0.15, 0.2) is 6.10 Å². The van der Waals surface area contributed by atoms with E-state index in [2.05, 4.69) is 21.7 Å². The molecule has 0 radical (unpaired) electrons. The topological polar surface area (TPSA) is 139 Å². The fourth-order valence-electron chi connectivity index (χ4n) is 4.27. The van der Waals surface area contributed by atoms with Crippen LogP contribution in [0, 0.1) is 17.1 Å². The molecule has 38 heavy (non-hydrogen) atoms. The van der Waals surface area contributed by atoms with Crippen LogP contribution in [0.2, 0.25) is 0 Å². The molecule has 1 aliphatic heterocycles. The van der Waals surface area contributed by atoms with Gasteiger partial charge in [0.1, 0.15) is 11.6 Å². The smallest absolute Gasteiger partial charge is 0.255 e. The second kappa shape index (κ2) is 12.3. The van der Waals surface area contributed by atoms with Crippen LogP contribution in [-0.2, 0) is 11.2 Å². The number of halogens is 1. The Kier molecular flexibility index (Phi) is 8.63. The third-order valence-corrected chi connectivity index (χ3v) is 6.44. The van der Waals surface area contributed by atoms with E-state index in [4.69, 9.17) is 5.11 Å². The highest BCUT2D eigenvalue weighted by Gasteiger charge is 2.35. The SMILES string of the molecule is N#Cc1ccccc1-c1ccc(C(=O)NC[C@H]2CCN2C(=O)C(O)CO)c(NCCc2cccc(F)c2)n1. The number of anilines is 1. The van der Waals surface area contributed by atoms with Crippen LogP contribution >= 0.6 is 0 Å². The van der Waals surface area contributed by atoms with Gasteiger partial charge < -0.3 is 25.7 Å². The Balaban J connectivity index is 1.51. The van der Waals surface area contributed by atoms with Crippen molar-refractivity contribution in [2.24, 2.45) is 0 Å². The lowest BCUT2D eigenvalue weighted by molar-refractivity contribution is -0.149. The molecular weight excluding hydrogens is 489 g/mol. The fraction of sp³-hybridized carbons (Fsp3) is 0.286. The van der Waals surface area contributed by atoms with Crippen LogP contribution in [0.15, 0.2) is 60.7 Å². The second-order valence-corrected chi connectivity index (χ2v) is 8.94. The van der Waals surface area contributed by atoms with E-state index in [-0.39, 0.29) is 24.0 Å². The number of benzene rings is 2. The number of carbonyl (C=O) groups excluding carboxylic acids is 2. The van der Waals surface area contributed by atoms with Gasteiger partial charge >= 0.3 is 0 Å². The highest BCUT2D eigenvalue weighted by Crippen LogP contribution is 2.25.